The highest BCUT2D eigenvalue weighted by molar-refractivity contribution is 5.74. The second kappa shape index (κ2) is 6.10. The highest BCUT2D eigenvalue weighted by Gasteiger charge is 2.14. The number of benzene rings is 1. The summed E-state index contributed by atoms with van der Waals surface area (Å²) in [6.07, 6.45) is 1.48. The fourth-order valence-electron chi connectivity index (χ4n) is 1.89. The molecule has 0 saturated carbocycles. The molecule has 2 aromatic rings. The first-order chi connectivity index (χ1) is 9.73. The second-order valence-corrected chi connectivity index (χ2v) is 3.96. The van der Waals surface area contributed by atoms with Gasteiger partial charge in [-0.2, -0.15) is 0 Å². The first-order valence-electron chi connectivity index (χ1n) is 6.03. The summed E-state index contributed by atoms with van der Waals surface area (Å²) in [5.41, 5.74) is 1.50. The van der Waals surface area contributed by atoms with Gasteiger partial charge in [0.15, 0.2) is 11.6 Å². The number of methoxy groups -OCH3 is 3. The van der Waals surface area contributed by atoms with Crippen molar-refractivity contribution < 1.29 is 14.2 Å². The van der Waals surface area contributed by atoms with Gasteiger partial charge in [-0.25, -0.2) is 9.97 Å². The molecule has 106 valence electrons. The molecule has 0 aliphatic rings. The first kappa shape index (κ1) is 13.9. The van der Waals surface area contributed by atoms with Crippen molar-refractivity contribution in [2.45, 2.75) is 0 Å². The monoisotopic (exact) mass is 275 g/mol. The number of nitrogens with one attached hydrogen (secondary N) is 1. The van der Waals surface area contributed by atoms with Gasteiger partial charge in [0.1, 0.15) is 23.5 Å². The molecule has 1 aromatic carbocycles. The zero-order chi connectivity index (χ0) is 14.5. The first-order valence-corrected chi connectivity index (χ1v) is 6.03. The third-order valence-electron chi connectivity index (χ3n) is 2.87. The largest absolute Gasteiger partial charge is 0.497 e. The minimum Gasteiger partial charge on any atom is -0.497 e. The molecule has 0 aliphatic carbocycles. The number of hydrogen-bond acceptors (Lipinski definition) is 6. The minimum absolute atomic E-state index is 0.574. The molecule has 2 rings (SSSR count). The maximum absolute atomic E-state index is 5.40. The molecule has 6 nitrogen and oxygen atoms in total. The molecule has 6 heteroatoms. The summed E-state index contributed by atoms with van der Waals surface area (Å²) in [4.78, 5) is 8.42. The van der Waals surface area contributed by atoms with Gasteiger partial charge >= 0.3 is 0 Å². The summed E-state index contributed by atoms with van der Waals surface area (Å²) >= 11 is 0. The Bertz CT molecular complexity index is 580. The molecule has 0 saturated heterocycles. The Kier molecular flexibility index (Phi) is 4.24. The van der Waals surface area contributed by atoms with E-state index in [-0.39, 0.29) is 0 Å². The van der Waals surface area contributed by atoms with Crippen molar-refractivity contribution in [2.75, 3.05) is 33.7 Å². The average molecular weight is 275 g/mol. The lowest BCUT2D eigenvalue weighted by molar-refractivity contribution is 0.394. The molecular formula is C14H17N3O3. The molecule has 1 N–H and O–H groups in total. The van der Waals surface area contributed by atoms with Gasteiger partial charge in [-0.15, -0.1) is 0 Å². The van der Waals surface area contributed by atoms with Crippen LogP contribution < -0.4 is 19.5 Å². The Morgan fingerprint density at radius 2 is 1.55 bits per heavy atom. The van der Waals surface area contributed by atoms with Crippen LogP contribution in [0.25, 0.3) is 11.3 Å². The molecule has 0 spiro atoms. The van der Waals surface area contributed by atoms with Gasteiger partial charge in [-0.1, -0.05) is 0 Å². The topological polar surface area (TPSA) is 65.5 Å². The summed E-state index contributed by atoms with van der Waals surface area (Å²) in [6, 6.07) is 5.54. The van der Waals surface area contributed by atoms with Crippen LogP contribution in [0.4, 0.5) is 5.82 Å². The highest BCUT2D eigenvalue weighted by atomic mass is 16.5. The molecule has 0 atom stereocenters. The van der Waals surface area contributed by atoms with Gasteiger partial charge in [0.2, 0.25) is 0 Å². The third kappa shape index (κ3) is 2.59. The van der Waals surface area contributed by atoms with Crippen molar-refractivity contribution in [3.8, 4) is 28.5 Å². The second-order valence-electron chi connectivity index (χ2n) is 3.96. The van der Waals surface area contributed by atoms with E-state index in [0.29, 0.717) is 28.8 Å². The van der Waals surface area contributed by atoms with Crippen LogP contribution in [0.1, 0.15) is 0 Å². The Hall–Kier alpha value is -2.50. The standard InChI is InChI=1S/C14H17N3O3/c1-15-14-13(20-4)12(16-8-17-14)9-5-10(18-2)7-11(6-9)19-3/h5-8H,1-4H3,(H,15,16,17). The van der Waals surface area contributed by atoms with Crippen molar-refractivity contribution in [3.63, 3.8) is 0 Å². The van der Waals surface area contributed by atoms with E-state index in [1.54, 1.807) is 34.4 Å². The molecule has 0 amide bonds. The molecule has 0 radical (unpaired) electrons. The van der Waals surface area contributed by atoms with Gasteiger partial charge in [0.05, 0.1) is 21.3 Å². The summed E-state index contributed by atoms with van der Waals surface area (Å²) < 4.78 is 15.9. The Balaban J connectivity index is 2.61. The predicted molar refractivity (Wildman–Crippen MR) is 76.7 cm³/mol. The molecule has 0 bridgehead atoms. The Labute approximate surface area is 117 Å². The number of nitrogens with zero attached hydrogens (tertiary/aromatic N) is 2. The van der Waals surface area contributed by atoms with Crippen molar-refractivity contribution in [1.29, 1.82) is 0 Å². The van der Waals surface area contributed by atoms with Gasteiger partial charge in [-0.05, 0) is 12.1 Å². The van der Waals surface area contributed by atoms with Gasteiger partial charge in [0.25, 0.3) is 0 Å². The lowest BCUT2D eigenvalue weighted by Gasteiger charge is -2.13. The van der Waals surface area contributed by atoms with Crippen molar-refractivity contribution in [3.05, 3.63) is 24.5 Å². The van der Waals surface area contributed by atoms with E-state index in [2.05, 4.69) is 15.3 Å². The molecular weight excluding hydrogens is 258 g/mol. The zero-order valence-electron chi connectivity index (χ0n) is 11.9. The van der Waals surface area contributed by atoms with Crippen LogP contribution >= 0.6 is 0 Å². The summed E-state index contributed by atoms with van der Waals surface area (Å²) in [6.45, 7) is 0. The fraction of sp³-hybridized carbons (Fsp3) is 0.286. The van der Waals surface area contributed by atoms with E-state index in [0.717, 1.165) is 5.56 Å². The molecule has 0 fully saturated rings. The maximum Gasteiger partial charge on any atom is 0.187 e. The summed E-state index contributed by atoms with van der Waals surface area (Å²) in [5.74, 6) is 2.57. The van der Waals surface area contributed by atoms with Gasteiger partial charge in [0, 0.05) is 18.7 Å². The van der Waals surface area contributed by atoms with Gasteiger partial charge in [-0.3, -0.25) is 0 Å². The van der Waals surface area contributed by atoms with Crippen molar-refractivity contribution in [1.82, 2.24) is 9.97 Å². The van der Waals surface area contributed by atoms with Crippen LogP contribution in [0.5, 0.6) is 17.2 Å². The van der Waals surface area contributed by atoms with E-state index in [9.17, 15) is 0 Å². The number of hydrogen-bond donors (Lipinski definition) is 1. The molecule has 1 heterocycles. The van der Waals surface area contributed by atoms with E-state index in [4.69, 9.17) is 14.2 Å². The number of anilines is 1. The van der Waals surface area contributed by atoms with Crippen molar-refractivity contribution in [2.24, 2.45) is 0 Å². The lowest BCUT2D eigenvalue weighted by Crippen LogP contribution is -2.01. The predicted octanol–water partition coefficient (Wildman–Crippen LogP) is 2.21. The van der Waals surface area contributed by atoms with Crippen molar-refractivity contribution >= 4 is 5.82 Å². The number of ether oxygens (including phenoxy) is 3. The van der Waals surface area contributed by atoms with E-state index in [1.165, 1.54) is 6.33 Å². The smallest absolute Gasteiger partial charge is 0.187 e. The number of aromatic nitrogens is 2. The Morgan fingerprint density at radius 1 is 0.900 bits per heavy atom. The summed E-state index contributed by atoms with van der Waals surface area (Å²) in [7, 11) is 6.57. The van der Waals surface area contributed by atoms with E-state index in [1.807, 2.05) is 12.1 Å². The van der Waals surface area contributed by atoms with Crippen LogP contribution in [0.3, 0.4) is 0 Å². The quantitative estimate of drug-likeness (QED) is 0.902. The highest BCUT2D eigenvalue weighted by Crippen LogP contribution is 2.36. The SMILES string of the molecule is CNc1ncnc(-c2cc(OC)cc(OC)c2)c1OC. The van der Waals surface area contributed by atoms with Crippen LogP contribution in [0.2, 0.25) is 0 Å². The van der Waals surface area contributed by atoms with Crippen LogP contribution in [-0.2, 0) is 0 Å². The fourth-order valence-corrected chi connectivity index (χ4v) is 1.89. The van der Waals surface area contributed by atoms with E-state index >= 15 is 0 Å². The number of rotatable bonds is 5. The molecule has 1 aromatic heterocycles. The van der Waals surface area contributed by atoms with Crippen LogP contribution in [-0.4, -0.2) is 38.3 Å². The molecule has 0 unspecified atom stereocenters. The van der Waals surface area contributed by atoms with Crippen LogP contribution in [0, 0.1) is 0 Å². The Morgan fingerprint density at radius 3 is 2.05 bits per heavy atom. The van der Waals surface area contributed by atoms with E-state index < -0.39 is 0 Å². The van der Waals surface area contributed by atoms with Gasteiger partial charge < -0.3 is 19.5 Å². The zero-order valence-corrected chi connectivity index (χ0v) is 11.9. The molecule has 20 heavy (non-hydrogen) atoms. The summed E-state index contributed by atoms with van der Waals surface area (Å²) in [5, 5.41) is 2.98. The molecule has 0 aliphatic heterocycles. The average Bonchev–Trinajstić information content (AvgIpc) is 2.53. The lowest BCUT2D eigenvalue weighted by atomic mass is 10.1. The normalized spacial score (nSPS) is 10.0. The maximum atomic E-state index is 5.40. The third-order valence-corrected chi connectivity index (χ3v) is 2.87. The van der Waals surface area contributed by atoms with Crippen LogP contribution in [0.15, 0.2) is 24.5 Å². The minimum atomic E-state index is 0.574.